The van der Waals surface area contributed by atoms with E-state index in [1.165, 1.54) is 6.42 Å². The van der Waals surface area contributed by atoms with E-state index < -0.39 is 10.0 Å². The molecule has 1 aromatic carbocycles. The molecule has 0 saturated carbocycles. The average molecular weight is 391 g/mol. The van der Waals surface area contributed by atoms with Crippen molar-refractivity contribution in [2.45, 2.75) is 62.9 Å². The fourth-order valence-corrected chi connectivity index (χ4v) is 5.70. The number of hydrogen-bond donors (Lipinski definition) is 0. The highest BCUT2D eigenvalue weighted by Crippen LogP contribution is 2.36. The smallest absolute Gasteiger partial charge is 0.243 e. The number of fused-ring (bicyclic) bond motifs is 1. The number of hydrogen-bond acceptors (Lipinski definition) is 5. The van der Waals surface area contributed by atoms with Crippen molar-refractivity contribution >= 4 is 10.0 Å². The fraction of sp³-hybridized carbons (Fsp3) is 0.579. The van der Waals surface area contributed by atoms with Crippen LogP contribution in [0.3, 0.4) is 0 Å². The normalized spacial score (nSPS) is 21.0. The van der Waals surface area contributed by atoms with Crippen molar-refractivity contribution in [1.82, 2.24) is 19.1 Å². The minimum absolute atomic E-state index is 0.235. The van der Waals surface area contributed by atoms with Gasteiger partial charge in [-0.3, -0.25) is 0 Å². The summed E-state index contributed by atoms with van der Waals surface area (Å²) in [5.41, 5.74) is 0. The molecule has 1 aromatic heterocycles. The summed E-state index contributed by atoms with van der Waals surface area (Å²) in [6.07, 6.45) is 5.94. The van der Waals surface area contributed by atoms with Crippen LogP contribution in [0.1, 0.15) is 56.7 Å². The van der Waals surface area contributed by atoms with Crippen LogP contribution < -0.4 is 4.74 Å². The largest absolute Gasteiger partial charge is 0.494 e. The van der Waals surface area contributed by atoms with Gasteiger partial charge in [-0.25, -0.2) is 8.42 Å². The second-order valence-corrected chi connectivity index (χ2v) is 9.01. The molecule has 2 aromatic rings. The van der Waals surface area contributed by atoms with E-state index in [-0.39, 0.29) is 6.04 Å². The van der Waals surface area contributed by atoms with Gasteiger partial charge in [0.05, 0.1) is 17.5 Å². The number of benzene rings is 1. The van der Waals surface area contributed by atoms with Gasteiger partial charge in [0.25, 0.3) is 0 Å². The number of aromatic nitrogens is 3. The van der Waals surface area contributed by atoms with E-state index in [0.717, 1.165) is 50.3 Å². The third-order valence-electron chi connectivity index (χ3n) is 5.38. The molecule has 2 aliphatic heterocycles. The lowest BCUT2D eigenvalue weighted by Crippen LogP contribution is -2.32. The highest BCUT2D eigenvalue weighted by Gasteiger charge is 2.39. The molecule has 146 valence electrons. The Hall–Kier alpha value is -1.93. The van der Waals surface area contributed by atoms with Crippen LogP contribution in [0.4, 0.5) is 0 Å². The van der Waals surface area contributed by atoms with E-state index in [1.54, 1.807) is 28.6 Å². The van der Waals surface area contributed by atoms with E-state index in [1.807, 2.05) is 6.92 Å². The van der Waals surface area contributed by atoms with Gasteiger partial charge in [0.15, 0.2) is 5.82 Å². The van der Waals surface area contributed by atoms with E-state index in [4.69, 9.17) is 4.74 Å². The molecule has 0 N–H and O–H groups in total. The number of rotatable bonds is 5. The minimum atomic E-state index is -3.58. The van der Waals surface area contributed by atoms with Crippen molar-refractivity contribution in [3.8, 4) is 5.75 Å². The first-order valence-electron chi connectivity index (χ1n) is 9.78. The third-order valence-corrected chi connectivity index (χ3v) is 7.30. The van der Waals surface area contributed by atoms with Gasteiger partial charge in [0.2, 0.25) is 10.0 Å². The van der Waals surface area contributed by atoms with Gasteiger partial charge in [0.1, 0.15) is 11.6 Å². The molecular weight excluding hydrogens is 364 g/mol. The maximum Gasteiger partial charge on any atom is 0.243 e. The monoisotopic (exact) mass is 390 g/mol. The molecule has 2 aliphatic rings. The molecule has 1 unspecified atom stereocenters. The van der Waals surface area contributed by atoms with Crippen molar-refractivity contribution in [2.24, 2.45) is 0 Å². The topological polar surface area (TPSA) is 77.3 Å². The quantitative estimate of drug-likeness (QED) is 0.784. The standard InChI is InChI=1S/C19H26N4O3S/c1-2-26-15-9-11-16(12-10-15)27(24,25)23-14-6-7-17(23)19-21-20-18-8-4-3-5-13-22(18)19/h9-12,17H,2-8,13-14H2,1H3. The highest BCUT2D eigenvalue weighted by molar-refractivity contribution is 7.89. The minimum Gasteiger partial charge on any atom is -0.494 e. The van der Waals surface area contributed by atoms with Crippen LogP contribution in [0, 0.1) is 0 Å². The molecule has 1 saturated heterocycles. The summed E-state index contributed by atoms with van der Waals surface area (Å²) in [7, 11) is -3.58. The molecule has 0 aliphatic carbocycles. The summed E-state index contributed by atoms with van der Waals surface area (Å²) >= 11 is 0. The summed E-state index contributed by atoms with van der Waals surface area (Å²) in [4.78, 5) is 0.299. The molecule has 0 spiro atoms. The molecule has 0 bridgehead atoms. The lowest BCUT2D eigenvalue weighted by atomic mass is 10.2. The highest BCUT2D eigenvalue weighted by atomic mass is 32.2. The first-order valence-corrected chi connectivity index (χ1v) is 11.2. The molecule has 3 heterocycles. The van der Waals surface area contributed by atoms with Gasteiger partial charge in [-0.15, -0.1) is 10.2 Å². The van der Waals surface area contributed by atoms with E-state index >= 15 is 0 Å². The third kappa shape index (κ3) is 3.48. The van der Waals surface area contributed by atoms with E-state index in [2.05, 4.69) is 14.8 Å². The molecule has 8 heteroatoms. The predicted molar refractivity (Wildman–Crippen MR) is 101 cm³/mol. The molecular formula is C19H26N4O3S. The summed E-state index contributed by atoms with van der Waals surface area (Å²) in [5.74, 6) is 2.48. The number of sulfonamides is 1. The van der Waals surface area contributed by atoms with Gasteiger partial charge in [0, 0.05) is 19.5 Å². The molecule has 0 radical (unpaired) electrons. The van der Waals surface area contributed by atoms with Crippen LogP contribution in [0.5, 0.6) is 5.75 Å². The molecule has 1 fully saturated rings. The van der Waals surface area contributed by atoms with Gasteiger partial charge in [-0.05, 0) is 56.9 Å². The second-order valence-electron chi connectivity index (χ2n) is 7.11. The average Bonchev–Trinajstić information content (AvgIpc) is 3.24. The molecule has 27 heavy (non-hydrogen) atoms. The maximum atomic E-state index is 13.3. The lowest BCUT2D eigenvalue weighted by molar-refractivity contribution is 0.340. The Labute approximate surface area is 160 Å². The van der Waals surface area contributed by atoms with Crippen molar-refractivity contribution in [3.63, 3.8) is 0 Å². The van der Waals surface area contributed by atoms with Crippen LogP contribution >= 0.6 is 0 Å². The zero-order chi connectivity index (χ0) is 18.9. The Morgan fingerprint density at radius 2 is 1.89 bits per heavy atom. The van der Waals surface area contributed by atoms with Crippen LogP contribution in [0.15, 0.2) is 29.2 Å². The summed E-state index contributed by atoms with van der Waals surface area (Å²) in [5, 5.41) is 8.76. The van der Waals surface area contributed by atoms with Crippen molar-refractivity contribution in [1.29, 1.82) is 0 Å². The number of ether oxygens (including phenoxy) is 1. The van der Waals surface area contributed by atoms with E-state index in [0.29, 0.717) is 23.8 Å². The SMILES string of the molecule is CCOc1ccc(S(=O)(=O)N2CCCC2c2nnc3n2CCCCC3)cc1. The van der Waals surface area contributed by atoms with Crippen molar-refractivity contribution in [3.05, 3.63) is 35.9 Å². The van der Waals surface area contributed by atoms with Gasteiger partial charge in [-0.1, -0.05) is 6.42 Å². The van der Waals surface area contributed by atoms with Crippen LogP contribution in [-0.2, 0) is 23.0 Å². The summed E-state index contributed by atoms with van der Waals surface area (Å²) in [6.45, 7) is 3.85. The number of aryl methyl sites for hydroxylation is 1. The first-order chi connectivity index (χ1) is 13.1. The fourth-order valence-electron chi connectivity index (χ4n) is 4.05. The van der Waals surface area contributed by atoms with Crippen LogP contribution in [-0.4, -0.2) is 40.6 Å². The van der Waals surface area contributed by atoms with Crippen molar-refractivity contribution < 1.29 is 13.2 Å². The zero-order valence-electron chi connectivity index (χ0n) is 15.7. The maximum absolute atomic E-state index is 13.3. The molecule has 0 amide bonds. The molecule has 4 rings (SSSR count). The molecule has 7 nitrogen and oxygen atoms in total. The molecule has 1 atom stereocenters. The first kappa shape index (κ1) is 18.4. The Morgan fingerprint density at radius 1 is 1.07 bits per heavy atom. The Morgan fingerprint density at radius 3 is 2.67 bits per heavy atom. The Kier molecular flexibility index (Phi) is 5.19. The van der Waals surface area contributed by atoms with Crippen LogP contribution in [0.25, 0.3) is 0 Å². The predicted octanol–water partition coefficient (Wildman–Crippen LogP) is 2.93. The van der Waals surface area contributed by atoms with E-state index in [9.17, 15) is 8.42 Å². The summed E-state index contributed by atoms with van der Waals surface area (Å²) in [6, 6.07) is 6.44. The Bertz CT molecular complexity index is 892. The van der Waals surface area contributed by atoms with Gasteiger partial charge >= 0.3 is 0 Å². The summed E-state index contributed by atoms with van der Waals surface area (Å²) < 4.78 is 35.7. The van der Waals surface area contributed by atoms with Crippen molar-refractivity contribution in [2.75, 3.05) is 13.2 Å². The lowest BCUT2D eigenvalue weighted by Gasteiger charge is -2.24. The van der Waals surface area contributed by atoms with Crippen LogP contribution in [0.2, 0.25) is 0 Å². The zero-order valence-corrected chi connectivity index (χ0v) is 16.5. The number of nitrogens with zero attached hydrogens (tertiary/aromatic N) is 4. The second kappa shape index (κ2) is 7.59. The van der Waals surface area contributed by atoms with Gasteiger partial charge in [-0.2, -0.15) is 4.31 Å². The van der Waals surface area contributed by atoms with Gasteiger partial charge < -0.3 is 9.30 Å². The Balaban J connectivity index is 1.64.